The lowest BCUT2D eigenvalue weighted by atomic mass is 10.1. The molecule has 1 aromatic heterocycles. The van der Waals surface area contributed by atoms with Crippen LogP contribution in [0.1, 0.15) is 15.9 Å². The number of carbonyl (C=O) groups is 1. The molecule has 0 aliphatic rings. The minimum absolute atomic E-state index is 0.0820. The number of hydrogen-bond acceptors (Lipinski definition) is 3. The lowest BCUT2D eigenvalue weighted by Crippen LogP contribution is -2.26. The van der Waals surface area contributed by atoms with Gasteiger partial charge < -0.3 is 10.0 Å². The summed E-state index contributed by atoms with van der Waals surface area (Å²) in [5, 5.41) is 10.9. The highest BCUT2D eigenvalue weighted by atomic mass is 19.1. The average Bonchev–Trinajstić information content (AvgIpc) is 2.55. The molecule has 1 amide bonds. The van der Waals surface area contributed by atoms with E-state index in [0.717, 1.165) is 10.9 Å². The molecule has 0 saturated heterocycles. The summed E-state index contributed by atoms with van der Waals surface area (Å²) in [6, 6.07) is 12.6. The van der Waals surface area contributed by atoms with Crippen LogP contribution in [-0.4, -0.2) is 27.9 Å². The number of phenols is 1. The van der Waals surface area contributed by atoms with Crippen molar-refractivity contribution in [3.63, 3.8) is 0 Å². The number of amides is 1. The van der Waals surface area contributed by atoms with E-state index >= 15 is 0 Å². The Bertz CT molecular complexity index is 863. The zero-order valence-corrected chi connectivity index (χ0v) is 12.5. The summed E-state index contributed by atoms with van der Waals surface area (Å²) >= 11 is 0. The van der Waals surface area contributed by atoms with Gasteiger partial charge in [0.25, 0.3) is 5.91 Å². The van der Waals surface area contributed by atoms with Gasteiger partial charge in [-0.25, -0.2) is 4.39 Å². The van der Waals surface area contributed by atoms with Gasteiger partial charge in [0.15, 0.2) is 0 Å². The number of hydrogen-bond donors (Lipinski definition) is 1. The number of aromatic nitrogens is 1. The van der Waals surface area contributed by atoms with Crippen molar-refractivity contribution < 1.29 is 14.3 Å². The van der Waals surface area contributed by atoms with E-state index in [9.17, 15) is 14.3 Å². The first-order valence-electron chi connectivity index (χ1n) is 7.12. The first-order chi connectivity index (χ1) is 11.0. The standard InChI is InChI=1S/C18H15FN2O2/c1-21(11-12-4-6-14(19)7-5-12)18(23)15-10-16-13(9-17(15)22)3-2-8-20-16/h2-10,22H,11H2,1H3. The molecule has 5 heteroatoms. The number of nitrogens with zero attached hydrogens (tertiary/aromatic N) is 2. The van der Waals surface area contributed by atoms with Crippen molar-refractivity contribution in [3.8, 4) is 5.75 Å². The summed E-state index contributed by atoms with van der Waals surface area (Å²) in [5.41, 5.74) is 1.64. The summed E-state index contributed by atoms with van der Waals surface area (Å²) in [6.45, 7) is 0.318. The van der Waals surface area contributed by atoms with Gasteiger partial charge in [-0.1, -0.05) is 18.2 Å². The molecule has 0 bridgehead atoms. The van der Waals surface area contributed by atoms with E-state index in [2.05, 4.69) is 4.98 Å². The Morgan fingerprint density at radius 2 is 1.96 bits per heavy atom. The van der Waals surface area contributed by atoms with E-state index in [1.165, 1.54) is 23.1 Å². The van der Waals surface area contributed by atoms with E-state index in [0.29, 0.717) is 12.1 Å². The molecule has 3 aromatic rings. The summed E-state index contributed by atoms with van der Waals surface area (Å²) in [5.74, 6) is -0.721. The van der Waals surface area contributed by atoms with Crippen LogP contribution in [0.2, 0.25) is 0 Å². The van der Waals surface area contributed by atoms with Gasteiger partial charge in [-0.2, -0.15) is 0 Å². The monoisotopic (exact) mass is 310 g/mol. The summed E-state index contributed by atoms with van der Waals surface area (Å²) in [4.78, 5) is 18.2. The smallest absolute Gasteiger partial charge is 0.257 e. The third-order valence-electron chi connectivity index (χ3n) is 3.63. The molecular formula is C18H15FN2O2. The Morgan fingerprint density at radius 1 is 1.22 bits per heavy atom. The summed E-state index contributed by atoms with van der Waals surface area (Å²) < 4.78 is 12.9. The highest BCUT2D eigenvalue weighted by molar-refractivity contribution is 6.00. The molecule has 1 N–H and O–H groups in total. The molecule has 1 heterocycles. The van der Waals surface area contributed by atoms with Crippen LogP contribution < -0.4 is 0 Å². The van der Waals surface area contributed by atoms with E-state index in [1.807, 2.05) is 6.07 Å². The third-order valence-corrected chi connectivity index (χ3v) is 3.63. The Labute approximate surface area is 132 Å². The lowest BCUT2D eigenvalue weighted by Gasteiger charge is -2.18. The molecule has 0 saturated carbocycles. The van der Waals surface area contributed by atoms with Crippen molar-refractivity contribution in [3.05, 3.63) is 71.7 Å². The number of carbonyl (C=O) groups excluding carboxylic acids is 1. The zero-order valence-electron chi connectivity index (χ0n) is 12.5. The first-order valence-corrected chi connectivity index (χ1v) is 7.12. The van der Waals surface area contributed by atoms with Crippen LogP contribution in [0.4, 0.5) is 4.39 Å². The zero-order chi connectivity index (χ0) is 16.4. The fourth-order valence-corrected chi connectivity index (χ4v) is 2.42. The largest absolute Gasteiger partial charge is 0.507 e. The van der Waals surface area contributed by atoms with Crippen molar-refractivity contribution in [1.82, 2.24) is 9.88 Å². The molecular weight excluding hydrogens is 295 g/mol. The fraction of sp³-hybridized carbons (Fsp3) is 0.111. The summed E-state index contributed by atoms with van der Waals surface area (Å²) in [6.07, 6.45) is 1.63. The second kappa shape index (κ2) is 6.04. The number of halogens is 1. The molecule has 23 heavy (non-hydrogen) atoms. The number of aromatic hydroxyl groups is 1. The average molecular weight is 310 g/mol. The van der Waals surface area contributed by atoms with Crippen LogP contribution in [0.5, 0.6) is 5.75 Å². The molecule has 0 aliphatic heterocycles. The van der Waals surface area contributed by atoms with Gasteiger partial charge in [0.2, 0.25) is 0 Å². The Hall–Kier alpha value is -2.95. The van der Waals surface area contributed by atoms with Gasteiger partial charge >= 0.3 is 0 Å². The highest BCUT2D eigenvalue weighted by Crippen LogP contribution is 2.25. The number of pyridine rings is 1. The molecule has 3 rings (SSSR count). The van der Waals surface area contributed by atoms with Crippen LogP contribution in [0, 0.1) is 5.82 Å². The number of phenolic OH excluding ortho intramolecular Hbond substituents is 1. The molecule has 0 atom stereocenters. The highest BCUT2D eigenvalue weighted by Gasteiger charge is 2.17. The quantitative estimate of drug-likeness (QED) is 0.807. The molecule has 0 spiro atoms. The number of rotatable bonds is 3. The van der Waals surface area contributed by atoms with Crippen LogP contribution in [0.15, 0.2) is 54.7 Å². The molecule has 0 unspecified atom stereocenters. The maximum atomic E-state index is 12.9. The maximum Gasteiger partial charge on any atom is 0.257 e. The second-order valence-corrected chi connectivity index (χ2v) is 5.35. The second-order valence-electron chi connectivity index (χ2n) is 5.35. The minimum Gasteiger partial charge on any atom is -0.507 e. The van der Waals surface area contributed by atoms with Gasteiger partial charge in [-0.05, 0) is 35.9 Å². The van der Waals surface area contributed by atoms with Crippen molar-refractivity contribution in [2.24, 2.45) is 0 Å². The molecule has 0 fully saturated rings. The topological polar surface area (TPSA) is 53.4 Å². The normalized spacial score (nSPS) is 10.7. The molecule has 0 radical (unpaired) electrons. The number of fused-ring (bicyclic) bond motifs is 1. The first kappa shape index (κ1) is 15.0. The van der Waals surface area contributed by atoms with E-state index < -0.39 is 0 Å². The van der Waals surface area contributed by atoms with Crippen molar-refractivity contribution in [1.29, 1.82) is 0 Å². The molecule has 0 aliphatic carbocycles. The summed E-state index contributed by atoms with van der Waals surface area (Å²) in [7, 11) is 1.63. The van der Waals surface area contributed by atoms with Gasteiger partial charge in [-0.15, -0.1) is 0 Å². The van der Waals surface area contributed by atoms with E-state index in [1.54, 1.807) is 37.5 Å². The predicted molar refractivity (Wildman–Crippen MR) is 85.6 cm³/mol. The van der Waals surface area contributed by atoms with Crippen molar-refractivity contribution in [2.75, 3.05) is 7.05 Å². The molecule has 4 nitrogen and oxygen atoms in total. The SMILES string of the molecule is CN(Cc1ccc(F)cc1)C(=O)c1cc2ncccc2cc1O. The molecule has 116 valence electrons. The third kappa shape index (κ3) is 3.13. The maximum absolute atomic E-state index is 12.9. The predicted octanol–water partition coefficient (Wildman–Crippen LogP) is 3.35. The van der Waals surface area contributed by atoms with E-state index in [4.69, 9.17) is 0 Å². The Kier molecular flexibility index (Phi) is 3.93. The van der Waals surface area contributed by atoms with Crippen LogP contribution in [0.3, 0.4) is 0 Å². The number of benzene rings is 2. The van der Waals surface area contributed by atoms with Crippen LogP contribution in [0.25, 0.3) is 10.9 Å². The van der Waals surface area contributed by atoms with Gasteiger partial charge in [0.1, 0.15) is 11.6 Å². The van der Waals surface area contributed by atoms with Crippen molar-refractivity contribution in [2.45, 2.75) is 6.54 Å². The van der Waals surface area contributed by atoms with Crippen LogP contribution in [-0.2, 0) is 6.54 Å². The van der Waals surface area contributed by atoms with Gasteiger partial charge in [0.05, 0.1) is 11.1 Å². The molecule has 2 aromatic carbocycles. The lowest BCUT2D eigenvalue weighted by molar-refractivity contribution is 0.0782. The minimum atomic E-state index is -0.320. The van der Waals surface area contributed by atoms with E-state index in [-0.39, 0.29) is 23.0 Å². The van der Waals surface area contributed by atoms with Crippen molar-refractivity contribution >= 4 is 16.8 Å². The Balaban J connectivity index is 1.87. The van der Waals surface area contributed by atoms with Crippen LogP contribution >= 0.6 is 0 Å². The van der Waals surface area contributed by atoms with Gasteiger partial charge in [-0.3, -0.25) is 9.78 Å². The van der Waals surface area contributed by atoms with Gasteiger partial charge in [0, 0.05) is 25.2 Å². The fourth-order valence-electron chi connectivity index (χ4n) is 2.42. The Morgan fingerprint density at radius 3 is 2.70 bits per heavy atom.